The van der Waals surface area contributed by atoms with Crippen molar-refractivity contribution in [1.82, 2.24) is 14.9 Å². The van der Waals surface area contributed by atoms with Gasteiger partial charge in [0.1, 0.15) is 11.9 Å². The van der Waals surface area contributed by atoms with Gasteiger partial charge in [-0.15, -0.1) is 0 Å². The number of aromatic nitrogens is 2. The van der Waals surface area contributed by atoms with E-state index in [2.05, 4.69) is 41.5 Å². The molecule has 1 aliphatic carbocycles. The average Bonchev–Trinajstić information content (AvgIpc) is 3.67. The fourth-order valence-electron chi connectivity index (χ4n) is 7.95. The van der Waals surface area contributed by atoms with Crippen LogP contribution in [0.2, 0.25) is 0 Å². The number of aromatic hydroxyl groups is 1. The number of aromatic amines is 1. The molecule has 2 aromatic carbocycles. The minimum atomic E-state index is -0.971. The number of rotatable bonds is 11. The van der Waals surface area contributed by atoms with Crippen molar-refractivity contribution >= 4 is 16.7 Å². The van der Waals surface area contributed by atoms with E-state index in [9.17, 15) is 20.1 Å². The highest BCUT2D eigenvalue weighted by Gasteiger charge is 2.38. The molecule has 0 unspecified atom stereocenters. The van der Waals surface area contributed by atoms with Crippen molar-refractivity contribution < 1.29 is 24.9 Å². The first-order valence-corrected chi connectivity index (χ1v) is 17.5. The summed E-state index contributed by atoms with van der Waals surface area (Å²) in [5.41, 5.74) is 13.9. The van der Waals surface area contributed by atoms with Crippen LogP contribution < -0.4 is 15.8 Å². The van der Waals surface area contributed by atoms with Gasteiger partial charge in [0, 0.05) is 49.3 Å². The predicted molar refractivity (Wildman–Crippen MR) is 185 cm³/mol. The lowest BCUT2D eigenvalue weighted by molar-refractivity contribution is -0.121. The van der Waals surface area contributed by atoms with Gasteiger partial charge in [0.25, 0.3) is 0 Å². The van der Waals surface area contributed by atoms with Crippen LogP contribution in [0, 0.1) is 11.8 Å². The van der Waals surface area contributed by atoms with Gasteiger partial charge in [0.05, 0.1) is 24.2 Å². The van der Waals surface area contributed by atoms with Gasteiger partial charge in [0.2, 0.25) is 0 Å². The second-order valence-corrected chi connectivity index (χ2v) is 13.8. The molecule has 7 rings (SSSR count). The van der Waals surface area contributed by atoms with E-state index in [1.807, 2.05) is 22.9 Å². The summed E-state index contributed by atoms with van der Waals surface area (Å²) in [6.45, 7) is 2.94. The Hall–Kier alpha value is -4.07. The van der Waals surface area contributed by atoms with Crippen LogP contribution in [0.3, 0.4) is 0 Å². The molecule has 3 aliphatic rings. The molecule has 0 saturated heterocycles. The normalized spacial score (nSPS) is 23.5. The van der Waals surface area contributed by atoms with E-state index in [1.165, 1.54) is 11.1 Å². The van der Waals surface area contributed by atoms with Crippen LogP contribution in [0.1, 0.15) is 128 Å². The third kappa shape index (κ3) is 6.38. The van der Waals surface area contributed by atoms with Gasteiger partial charge in [-0.3, -0.25) is 10.1 Å². The molecule has 0 radical (unpaired) electrons. The van der Waals surface area contributed by atoms with E-state index >= 15 is 0 Å². The number of nitrogens with zero attached hydrogens (tertiary/aromatic N) is 1. The highest BCUT2D eigenvalue weighted by atomic mass is 16.5. The maximum atomic E-state index is 12.6. The summed E-state index contributed by atoms with van der Waals surface area (Å²) in [6.07, 6.45) is 10.7. The standard InChI is InChI=1S/C39H46N4O5/c1-2-3-4-6-25(44)18-26(45)12-9-23-10-16-34(47)35(17-23)48-36-8-5-7-33(46)28-14-15-29-37-24(19-42-39(29)40)11-13-27(38(28)37)30-20-41-32-22-43(36)21-31(30)32/h10,14-17,20-22,24-25,27,33,36,39,41-42,44,46-47H,2-4,6,8-9,11-13,18-19,40H2,1H3/t24-,25-,27+,33+,36-,39-/m1/s1. The van der Waals surface area contributed by atoms with Crippen molar-refractivity contribution in [3.63, 3.8) is 0 Å². The molecule has 2 aromatic heterocycles. The molecule has 2 aliphatic heterocycles. The molecule has 0 spiro atoms. The largest absolute Gasteiger partial charge is 0.504 e. The number of aliphatic hydroxyl groups is 2. The summed E-state index contributed by atoms with van der Waals surface area (Å²) >= 11 is 0. The van der Waals surface area contributed by atoms with Crippen molar-refractivity contribution in [3.05, 3.63) is 82.3 Å². The molecular weight excluding hydrogens is 604 g/mol. The maximum Gasteiger partial charge on any atom is 0.186 e. The van der Waals surface area contributed by atoms with Gasteiger partial charge in [-0.1, -0.05) is 56.2 Å². The van der Waals surface area contributed by atoms with E-state index in [4.69, 9.17) is 10.5 Å². The summed E-state index contributed by atoms with van der Waals surface area (Å²) in [7, 11) is 0. The second kappa shape index (κ2) is 13.8. The molecule has 0 amide bonds. The highest BCUT2D eigenvalue weighted by molar-refractivity contribution is 5.84. The second-order valence-electron chi connectivity index (χ2n) is 13.8. The van der Waals surface area contributed by atoms with Crippen molar-refractivity contribution in [1.29, 1.82) is 0 Å². The van der Waals surface area contributed by atoms with Gasteiger partial charge >= 0.3 is 0 Å². The number of phenolic OH excluding ortho intramolecular Hbond substituents is 1. The van der Waals surface area contributed by atoms with E-state index in [0.717, 1.165) is 71.8 Å². The van der Waals surface area contributed by atoms with Crippen LogP contribution in [0.4, 0.5) is 0 Å². The Morgan fingerprint density at radius 2 is 1.98 bits per heavy atom. The van der Waals surface area contributed by atoms with Crippen molar-refractivity contribution in [2.45, 2.75) is 108 Å². The highest BCUT2D eigenvalue weighted by Crippen LogP contribution is 2.50. The smallest absolute Gasteiger partial charge is 0.186 e. The number of nitrogens with one attached hydrogen (secondary N) is 2. The van der Waals surface area contributed by atoms with Gasteiger partial charge < -0.3 is 35.3 Å². The molecule has 48 heavy (non-hydrogen) atoms. The van der Waals surface area contributed by atoms with Crippen LogP contribution in [0.5, 0.6) is 11.5 Å². The first kappa shape index (κ1) is 32.5. The van der Waals surface area contributed by atoms with Gasteiger partial charge in [-0.05, 0) is 77.1 Å². The maximum absolute atomic E-state index is 12.6. The molecule has 9 nitrogen and oxygen atoms in total. The molecule has 4 aromatic rings. The average molecular weight is 651 g/mol. The van der Waals surface area contributed by atoms with E-state index in [1.54, 1.807) is 18.2 Å². The summed E-state index contributed by atoms with van der Waals surface area (Å²) in [4.78, 5) is 16.1. The molecule has 252 valence electrons. The third-order valence-electron chi connectivity index (χ3n) is 10.5. The van der Waals surface area contributed by atoms with Crippen LogP contribution >= 0.6 is 0 Å². The van der Waals surface area contributed by atoms with Crippen molar-refractivity contribution in [3.8, 4) is 23.3 Å². The lowest BCUT2D eigenvalue weighted by atomic mass is 9.68. The summed E-state index contributed by atoms with van der Waals surface area (Å²) in [5, 5.41) is 37.1. The Morgan fingerprint density at radius 1 is 1.12 bits per heavy atom. The predicted octanol–water partition coefficient (Wildman–Crippen LogP) is 6.10. The summed E-state index contributed by atoms with van der Waals surface area (Å²) in [6, 6.07) is 9.20. The molecule has 6 atom stereocenters. The number of H-pyrrole nitrogens is 1. The van der Waals surface area contributed by atoms with Crippen LogP contribution in [-0.4, -0.2) is 43.3 Å². The number of aliphatic hydroxyl groups excluding tert-OH is 2. The molecule has 0 saturated carbocycles. The molecule has 2 bridgehead atoms. The van der Waals surface area contributed by atoms with Crippen LogP contribution in [0.25, 0.3) is 10.9 Å². The Kier molecular flexibility index (Phi) is 9.34. The Morgan fingerprint density at radius 3 is 2.83 bits per heavy atom. The third-order valence-corrected chi connectivity index (χ3v) is 10.5. The van der Waals surface area contributed by atoms with Crippen molar-refractivity contribution in [2.24, 2.45) is 5.73 Å². The number of ether oxygens (including phenoxy) is 1. The summed E-state index contributed by atoms with van der Waals surface area (Å²) in [5.74, 6) is 7.04. The van der Waals surface area contributed by atoms with E-state index in [-0.39, 0.29) is 36.5 Å². The number of fused-ring (bicyclic) bond motifs is 2. The first-order chi connectivity index (χ1) is 23.3. The van der Waals surface area contributed by atoms with E-state index < -0.39 is 18.4 Å². The minimum absolute atomic E-state index is 0.00269. The molecule has 0 fully saturated rings. The fraction of sp³-hybridized carbons (Fsp3) is 0.462. The number of Topliss-reactive ketones (excluding diaryl/α,β-unsaturated/α-hetero) is 1. The van der Waals surface area contributed by atoms with Crippen molar-refractivity contribution in [2.75, 3.05) is 6.54 Å². The number of hydrogen-bond donors (Lipinski definition) is 6. The number of unbranched alkanes of at least 4 members (excludes halogenated alkanes) is 2. The number of ketones is 1. The first-order valence-electron chi connectivity index (χ1n) is 17.5. The number of carbonyl (C=O) groups is 1. The Balaban J connectivity index is 1.16. The minimum Gasteiger partial charge on any atom is -0.504 e. The Bertz CT molecular complexity index is 1860. The zero-order valence-electron chi connectivity index (χ0n) is 27.5. The van der Waals surface area contributed by atoms with Crippen LogP contribution in [0.15, 0.2) is 48.9 Å². The zero-order chi connectivity index (χ0) is 33.4. The molecular formula is C39H46N4O5. The SMILES string of the molecule is CCCCC[C@@H](O)CC(=O)CCc1ccc(O)c(O[C@@H]2CC#C[C@H](O)c3ccc4c5c3[C@@H](CC[C@@H]5CN[C@H]4N)c3c[nH]c4cn2cc34)c1. The number of benzene rings is 2. The van der Waals surface area contributed by atoms with Gasteiger partial charge in [0.15, 0.2) is 17.7 Å². The lowest BCUT2D eigenvalue weighted by Gasteiger charge is -2.40. The van der Waals surface area contributed by atoms with Gasteiger partial charge in [-0.2, -0.15) is 0 Å². The number of carbonyl (C=O) groups excluding carboxylic acids is 1. The van der Waals surface area contributed by atoms with Gasteiger partial charge in [-0.25, -0.2) is 0 Å². The number of aryl methyl sites for hydroxylation is 1. The molecule has 7 N–H and O–H groups in total. The molecule has 4 heterocycles. The van der Waals surface area contributed by atoms with E-state index in [0.29, 0.717) is 30.9 Å². The number of hydrogen-bond acceptors (Lipinski definition) is 7. The number of nitrogens with two attached hydrogens (primary N) is 1. The Labute approximate surface area is 281 Å². The van der Waals surface area contributed by atoms with Crippen LogP contribution in [-0.2, 0) is 11.2 Å². The zero-order valence-corrected chi connectivity index (χ0v) is 27.5. The monoisotopic (exact) mass is 650 g/mol. The summed E-state index contributed by atoms with van der Waals surface area (Å²) < 4.78 is 8.44. The quantitative estimate of drug-likeness (QED) is 0.0850. The lowest BCUT2D eigenvalue weighted by Crippen LogP contribution is -2.40. The number of phenols is 1. The molecule has 9 heteroatoms. The fourth-order valence-corrected chi connectivity index (χ4v) is 7.95. The topological polar surface area (TPSA) is 146 Å².